The van der Waals surface area contributed by atoms with Crippen molar-refractivity contribution in [2.45, 2.75) is 38.9 Å². The summed E-state index contributed by atoms with van der Waals surface area (Å²) in [6, 6.07) is 7.65. The van der Waals surface area contributed by atoms with Crippen LogP contribution in [0, 0.1) is 5.92 Å². The maximum absolute atomic E-state index is 12.3. The van der Waals surface area contributed by atoms with Gasteiger partial charge in [0.1, 0.15) is 24.2 Å². The lowest BCUT2D eigenvalue weighted by Gasteiger charge is -2.28. The zero-order valence-corrected chi connectivity index (χ0v) is 17.3. The summed E-state index contributed by atoms with van der Waals surface area (Å²) in [7, 11) is -3.21. The number of carbonyl (C=O) groups excluding carboxylic acids is 1. The standard InChI is InChI=1S/C20H24N2O6S/c1-13-9-16-10-15(3-4-18(16)27-13)19-11-17(21-28-19)12-26-20(23)14-5-7-22(8-6-14)29(2,24)25/h3-4,10-11,13-14H,5-9,12H2,1-2H3/t13-/m0/s1. The zero-order valence-electron chi connectivity index (χ0n) is 16.5. The second kappa shape index (κ2) is 7.79. The van der Waals surface area contributed by atoms with E-state index < -0.39 is 10.0 Å². The van der Waals surface area contributed by atoms with Gasteiger partial charge in [-0.25, -0.2) is 12.7 Å². The van der Waals surface area contributed by atoms with E-state index in [4.69, 9.17) is 14.0 Å². The van der Waals surface area contributed by atoms with E-state index in [2.05, 4.69) is 5.16 Å². The molecule has 2 aromatic rings. The molecular weight excluding hydrogens is 396 g/mol. The van der Waals surface area contributed by atoms with Crippen molar-refractivity contribution in [1.82, 2.24) is 9.46 Å². The van der Waals surface area contributed by atoms with Crippen LogP contribution in [0.4, 0.5) is 0 Å². The van der Waals surface area contributed by atoms with Crippen LogP contribution in [0.5, 0.6) is 5.75 Å². The molecular formula is C20H24N2O6S. The fourth-order valence-electron chi connectivity index (χ4n) is 3.78. The number of ether oxygens (including phenoxy) is 2. The SMILES string of the molecule is C[C@H]1Cc2cc(-c3cc(COC(=O)C4CCN(S(C)(=O)=O)CC4)no3)ccc2O1. The molecule has 2 aliphatic rings. The highest BCUT2D eigenvalue weighted by Gasteiger charge is 2.30. The Labute approximate surface area is 169 Å². The first-order valence-corrected chi connectivity index (χ1v) is 11.5. The maximum Gasteiger partial charge on any atom is 0.309 e. The molecule has 1 atom stereocenters. The maximum atomic E-state index is 12.3. The molecule has 156 valence electrons. The lowest BCUT2D eigenvalue weighted by Crippen LogP contribution is -2.40. The van der Waals surface area contributed by atoms with E-state index in [0.717, 1.165) is 23.3 Å². The van der Waals surface area contributed by atoms with Crippen molar-refractivity contribution in [2.75, 3.05) is 19.3 Å². The van der Waals surface area contributed by atoms with Crippen LogP contribution < -0.4 is 4.74 Å². The van der Waals surface area contributed by atoms with Crippen LogP contribution in [-0.4, -0.2) is 49.3 Å². The van der Waals surface area contributed by atoms with Gasteiger partial charge in [0.25, 0.3) is 0 Å². The molecule has 29 heavy (non-hydrogen) atoms. The van der Waals surface area contributed by atoms with Gasteiger partial charge in [0.2, 0.25) is 10.0 Å². The summed E-state index contributed by atoms with van der Waals surface area (Å²) >= 11 is 0. The minimum absolute atomic E-state index is 0.0275. The number of nitrogens with zero attached hydrogens (tertiary/aromatic N) is 2. The molecule has 0 spiro atoms. The Bertz CT molecular complexity index is 1010. The summed E-state index contributed by atoms with van der Waals surface area (Å²) < 4.78 is 41.0. The molecule has 3 heterocycles. The highest BCUT2D eigenvalue weighted by molar-refractivity contribution is 7.88. The number of hydrogen-bond acceptors (Lipinski definition) is 7. The van der Waals surface area contributed by atoms with Crippen molar-refractivity contribution in [3.05, 3.63) is 35.5 Å². The lowest BCUT2D eigenvalue weighted by molar-refractivity contribution is -0.151. The summed E-state index contributed by atoms with van der Waals surface area (Å²) in [6.45, 7) is 2.74. The summed E-state index contributed by atoms with van der Waals surface area (Å²) in [4.78, 5) is 12.3. The van der Waals surface area contributed by atoms with Gasteiger partial charge in [-0.1, -0.05) is 5.16 Å². The fraction of sp³-hybridized carbons (Fsp3) is 0.500. The van der Waals surface area contributed by atoms with Crippen molar-refractivity contribution < 1.29 is 27.2 Å². The van der Waals surface area contributed by atoms with E-state index >= 15 is 0 Å². The monoisotopic (exact) mass is 420 g/mol. The van der Waals surface area contributed by atoms with Gasteiger partial charge < -0.3 is 14.0 Å². The molecule has 0 amide bonds. The molecule has 0 saturated carbocycles. The van der Waals surface area contributed by atoms with Gasteiger partial charge in [0.05, 0.1) is 12.2 Å². The highest BCUT2D eigenvalue weighted by Crippen LogP contribution is 2.33. The first-order valence-electron chi connectivity index (χ1n) is 9.67. The number of hydrogen-bond donors (Lipinski definition) is 0. The van der Waals surface area contributed by atoms with Gasteiger partial charge in [-0.05, 0) is 43.5 Å². The molecule has 1 saturated heterocycles. The largest absolute Gasteiger partial charge is 0.490 e. The normalized spacial score (nSPS) is 20.3. The van der Waals surface area contributed by atoms with E-state index in [0.29, 0.717) is 37.4 Å². The van der Waals surface area contributed by atoms with E-state index in [1.54, 1.807) is 6.07 Å². The van der Waals surface area contributed by atoms with Gasteiger partial charge in [-0.3, -0.25) is 4.79 Å². The Hall–Kier alpha value is -2.39. The third kappa shape index (κ3) is 4.45. The number of benzene rings is 1. The molecule has 1 fully saturated rings. The van der Waals surface area contributed by atoms with Gasteiger partial charge in [0.15, 0.2) is 5.76 Å². The van der Waals surface area contributed by atoms with E-state index in [1.807, 2.05) is 25.1 Å². The Kier molecular flexibility index (Phi) is 5.35. The zero-order chi connectivity index (χ0) is 20.6. The van der Waals surface area contributed by atoms with E-state index in [1.165, 1.54) is 10.6 Å². The molecule has 1 aromatic heterocycles. The second-order valence-corrected chi connectivity index (χ2v) is 9.66. The first kappa shape index (κ1) is 19.9. The number of sulfonamides is 1. The predicted octanol–water partition coefficient (Wildman–Crippen LogP) is 2.38. The van der Waals surface area contributed by atoms with Crippen LogP contribution in [-0.2, 0) is 32.6 Å². The minimum atomic E-state index is -3.21. The number of esters is 1. The summed E-state index contributed by atoms with van der Waals surface area (Å²) in [5, 5.41) is 3.99. The summed E-state index contributed by atoms with van der Waals surface area (Å²) in [5.41, 5.74) is 2.58. The van der Waals surface area contributed by atoms with Crippen LogP contribution in [0.1, 0.15) is 31.0 Å². The molecule has 2 aliphatic heterocycles. The smallest absolute Gasteiger partial charge is 0.309 e. The number of piperidine rings is 1. The van der Waals surface area contributed by atoms with Crippen LogP contribution in [0.15, 0.2) is 28.8 Å². The predicted molar refractivity (Wildman–Crippen MR) is 105 cm³/mol. The minimum Gasteiger partial charge on any atom is -0.490 e. The quantitative estimate of drug-likeness (QED) is 0.685. The third-order valence-corrected chi connectivity index (χ3v) is 6.66. The van der Waals surface area contributed by atoms with E-state index in [9.17, 15) is 13.2 Å². The van der Waals surface area contributed by atoms with Crippen LogP contribution >= 0.6 is 0 Å². The molecule has 1 aromatic carbocycles. The molecule has 8 nitrogen and oxygen atoms in total. The van der Waals surface area contributed by atoms with Crippen LogP contribution in [0.2, 0.25) is 0 Å². The Morgan fingerprint density at radius 3 is 2.76 bits per heavy atom. The number of carbonyl (C=O) groups is 1. The summed E-state index contributed by atoms with van der Waals surface area (Å²) in [6.07, 6.45) is 3.15. The highest BCUT2D eigenvalue weighted by atomic mass is 32.2. The third-order valence-electron chi connectivity index (χ3n) is 5.36. The number of aromatic nitrogens is 1. The van der Waals surface area contributed by atoms with Crippen LogP contribution in [0.25, 0.3) is 11.3 Å². The topological polar surface area (TPSA) is 98.9 Å². The molecule has 0 bridgehead atoms. The number of rotatable bonds is 5. The fourth-order valence-corrected chi connectivity index (χ4v) is 4.65. The molecule has 0 aliphatic carbocycles. The Balaban J connectivity index is 1.32. The molecule has 0 unspecified atom stereocenters. The Morgan fingerprint density at radius 1 is 1.28 bits per heavy atom. The Morgan fingerprint density at radius 2 is 2.03 bits per heavy atom. The van der Waals surface area contributed by atoms with Crippen molar-refractivity contribution in [3.8, 4) is 17.1 Å². The molecule has 4 rings (SSSR count). The van der Waals surface area contributed by atoms with Gasteiger partial charge >= 0.3 is 5.97 Å². The van der Waals surface area contributed by atoms with Crippen molar-refractivity contribution in [3.63, 3.8) is 0 Å². The second-order valence-electron chi connectivity index (χ2n) is 7.68. The summed E-state index contributed by atoms with van der Waals surface area (Å²) in [5.74, 6) is 0.890. The average molecular weight is 420 g/mol. The van der Waals surface area contributed by atoms with Gasteiger partial charge in [0, 0.05) is 31.1 Å². The van der Waals surface area contributed by atoms with Crippen molar-refractivity contribution >= 4 is 16.0 Å². The average Bonchev–Trinajstić information content (AvgIpc) is 3.30. The van der Waals surface area contributed by atoms with E-state index in [-0.39, 0.29) is 24.6 Å². The molecule has 0 N–H and O–H groups in total. The van der Waals surface area contributed by atoms with Gasteiger partial charge in [-0.15, -0.1) is 0 Å². The number of fused-ring (bicyclic) bond motifs is 1. The van der Waals surface area contributed by atoms with Crippen molar-refractivity contribution in [1.29, 1.82) is 0 Å². The van der Waals surface area contributed by atoms with Crippen molar-refractivity contribution in [2.24, 2.45) is 5.92 Å². The van der Waals surface area contributed by atoms with Crippen LogP contribution in [0.3, 0.4) is 0 Å². The molecule has 9 heteroatoms. The van der Waals surface area contributed by atoms with Gasteiger partial charge in [-0.2, -0.15) is 0 Å². The molecule has 0 radical (unpaired) electrons. The first-order chi connectivity index (χ1) is 13.8. The lowest BCUT2D eigenvalue weighted by atomic mass is 9.98.